The predicted molar refractivity (Wildman–Crippen MR) is 50.1 cm³/mol. The molecule has 1 aliphatic carbocycles. The Morgan fingerprint density at radius 1 is 1.17 bits per heavy atom. The summed E-state index contributed by atoms with van der Waals surface area (Å²) in [5.74, 6) is 0.909. The van der Waals surface area contributed by atoms with Crippen LogP contribution in [0.5, 0.6) is 0 Å². The van der Waals surface area contributed by atoms with Gasteiger partial charge in [-0.3, -0.25) is 0 Å². The molecular formula is C11H20O. The quantitative estimate of drug-likeness (QED) is 0.585. The normalized spacial score (nSPS) is 41.2. The van der Waals surface area contributed by atoms with Crippen molar-refractivity contribution < 1.29 is 4.74 Å². The molecule has 1 heterocycles. The van der Waals surface area contributed by atoms with Crippen LogP contribution >= 0.6 is 0 Å². The van der Waals surface area contributed by atoms with Crippen molar-refractivity contribution in [2.24, 2.45) is 11.3 Å². The average Bonchev–Trinajstić information content (AvgIpc) is 2.61. The molecule has 2 aliphatic rings. The van der Waals surface area contributed by atoms with E-state index >= 15 is 0 Å². The van der Waals surface area contributed by atoms with Crippen molar-refractivity contribution in [1.29, 1.82) is 0 Å². The zero-order chi connectivity index (χ0) is 8.77. The second-order valence-corrected chi connectivity index (χ2v) is 5.40. The molecule has 1 heteroatoms. The highest BCUT2D eigenvalue weighted by Gasteiger charge is 2.40. The van der Waals surface area contributed by atoms with E-state index in [1.807, 2.05) is 0 Å². The first-order valence-electron chi connectivity index (χ1n) is 5.22. The molecule has 2 atom stereocenters. The fourth-order valence-electron chi connectivity index (χ4n) is 2.55. The summed E-state index contributed by atoms with van der Waals surface area (Å²) in [5, 5.41) is 0. The van der Waals surface area contributed by atoms with Gasteiger partial charge in [0.05, 0.1) is 12.2 Å². The van der Waals surface area contributed by atoms with Crippen molar-refractivity contribution in [2.45, 2.75) is 58.7 Å². The van der Waals surface area contributed by atoms with E-state index in [4.69, 9.17) is 4.74 Å². The van der Waals surface area contributed by atoms with Gasteiger partial charge in [0, 0.05) is 0 Å². The minimum atomic E-state index is 0.486. The first kappa shape index (κ1) is 8.55. The molecule has 0 spiro atoms. The molecule has 2 rings (SSSR count). The van der Waals surface area contributed by atoms with Crippen LogP contribution in [0, 0.1) is 11.3 Å². The first-order valence-corrected chi connectivity index (χ1v) is 5.22. The fourth-order valence-corrected chi connectivity index (χ4v) is 2.55. The van der Waals surface area contributed by atoms with Gasteiger partial charge in [-0.25, -0.2) is 0 Å². The third-order valence-corrected chi connectivity index (χ3v) is 3.15. The monoisotopic (exact) mass is 168 g/mol. The standard InChI is InChI=1S/C11H20O/c1-8-6-11(2,3)7-10(12-8)9-4-5-9/h8-10H,4-7H2,1-3H3/t8-,10+/m0/s1. The van der Waals surface area contributed by atoms with E-state index in [0.29, 0.717) is 17.6 Å². The molecule has 70 valence electrons. The van der Waals surface area contributed by atoms with Crippen molar-refractivity contribution in [3.8, 4) is 0 Å². The summed E-state index contributed by atoms with van der Waals surface area (Å²) < 4.78 is 5.95. The van der Waals surface area contributed by atoms with Crippen LogP contribution < -0.4 is 0 Å². The molecule has 0 amide bonds. The van der Waals surface area contributed by atoms with Crippen LogP contribution in [-0.2, 0) is 4.74 Å². The summed E-state index contributed by atoms with van der Waals surface area (Å²) in [6.07, 6.45) is 6.40. The maximum Gasteiger partial charge on any atom is 0.0612 e. The van der Waals surface area contributed by atoms with Crippen LogP contribution in [0.4, 0.5) is 0 Å². The van der Waals surface area contributed by atoms with E-state index in [2.05, 4.69) is 20.8 Å². The highest BCUT2D eigenvalue weighted by molar-refractivity contribution is 4.90. The van der Waals surface area contributed by atoms with Gasteiger partial charge in [0.25, 0.3) is 0 Å². The van der Waals surface area contributed by atoms with Gasteiger partial charge in [-0.15, -0.1) is 0 Å². The average molecular weight is 168 g/mol. The second kappa shape index (κ2) is 2.73. The summed E-state index contributed by atoms with van der Waals surface area (Å²) in [5.41, 5.74) is 0.519. The van der Waals surface area contributed by atoms with Crippen LogP contribution in [-0.4, -0.2) is 12.2 Å². The number of ether oxygens (including phenoxy) is 1. The van der Waals surface area contributed by atoms with Gasteiger partial charge in [-0.05, 0) is 43.9 Å². The first-order chi connectivity index (χ1) is 5.57. The van der Waals surface area contributed by atoms with Crippen LogP contribution in [0.1, 0.15) is 46.5 Å². The van der Waals surface area contributed by atoms with Crippen molar-refractivity contribution in [3.05, 3.63) is 0 Å². The Kier molecular flexibility index (Phi) is 1.95. The molecule has 1 saturated heterocycles. The lowest BCUT2D eigenvalue weighted by molar-refractivity contribution is -0.0940. The van der Waals surface area contributed by atoms with Gasteiger partial charge in [-0.1, -0.05) is 13.8 Å². The second-order valence-electron chi connectivity index (χ2n) is 5.40. The number of hydrogen-bond donors (Lipinski definition) is 0. The minimum absolute atomic E-state index is 0.486. The summed E-state index contributed by atoms with van der Waals surface area (Å²) in [7, 11) is 0. The van der Waals surface area contributed by atoms with Crippen LogP contribution in [0.2, 0.25) is 0 Å². The lowest BCUT2D eigenvalue weighted by Gasteiger charge is -2.39. The van der Waals surface area contributed by atoms with Crippen molar-refractivity contribution >= 4 is 0 Å². The maximum atomic E-state index is 5.95. The lowest BCUT2D eigenvalue weighted by Crippen LogP contribution is -2.36. The molecule has 0 aromatic carbocycles. The molecule has 0 aromatic rings. The summed E-state index contributed by atoms with van der Waals surface area (Å²) in [6.45, 7) is 6.97. The van der Waals surface area contributed by atoms with Gasteiger partial charge in [0.1, 0.15) is 0 Å². The van der Waals surface area contributed by atoms with Gasteiger partial charge >= 0.3 is 0 Å². The van der Waals surface area contributed by atoms with E-state index in [1.165, 1.54) is 25.7 Å². The Balaban J connectivity index is 1.98. The SMILES string of the molecule is C[C@H]1CC(C)(C)C[C@H](C2CC2)O1. The molecule has 2 fully saturated rings. The molecule has 0 aromatic heterocycles. The minimum Gasteiger partial charge on any atom is -0.375 e. The zero-order valence-electron chi connectivity index (χ0n) is 8.47. The van der Waals surface area contributed by atoms with Crippen LogP contribution in [0.15, 0.2) is 0 Å². The predicted octanol–water partition coefficient (Wildman–Crippen LogP) is 2.99. The Bertz CT molecular complexity index is 170. The Hall–Kier alpha value is -0.0400. The number of rotatable bonds is 1. The molecule has 1 saturated carbocycles. The molecule has 0 N–H and O–H groups in total. The molecule has 0 radical (unpaired) electrons. The Labute approximate surface area is 75.5 Å². The molecular weight excluding hydrogens is 148 g/mol. The van der Waals surface area contributed by atoms with Crippen LogP contribution in [0.3, 0.4) is 0 Å². The number of hydrogen-bond acceptors (Lipinski definition) is 1. The Morgan fingerprint density at radius 3 is 2.33 bits per heavy atom. The van der Waals surface area contributed by atoms with Gasteiger partial charge < -0.3 is 4.74 Å². The van der Waals surface area contributed by atoms with E-state index in [-0.39, 0.29) is 0 Å². The van der Waals surface area contributed by atoms with Crippen LogP contribution in [0.25, 0.3) is 0 Å². The summed E-state index contributed by atoms with van der Waals surface area (Å²) >= 11 is 0. The molecule has 12 heavy (non-hydrogen) atoms. The smallest absolute Gasteiger partial charge is 0.0612 e. The van der Waals surface area contributed by atoms with Gasteiger partial charge in [0.2, 0.25) is 0 Å². The molecule has 1 aliphatic heterocycles. The van der Waals surface area contributed by atoms with E-state index in [9.17, 15) is 0 Å². The van der Waals surface area contributed by atoms with E-state index < -0.39 is 0 Å². The third-order valence-electron chi connectivity index (χ3n) is 3.15. The van der Waals surface area contributed by atoms with Gasteiger partial charge in [-0.2, -0.15) is 0 Å². The topological polar surface area (TPSA) is 9.23 Å². The zero-order valence-corrected chi connectivity index (χ0v) is 8.47. The maximum absolute atomic E-state index is 5.95. The summed E-state index contributed by atoms with van der Waals surface area (Å²) in [6, 6.07) is 0. The molecule has 0 unspecified atom stereocenters. The highest BCUT2D eigenvalue weighted by atomic mass is 16.5. The van der Waals surface area contributed by atoms with E-state index in [1.54, 1.807) is 0 Å². The van der Waals surface area contributed by atoms with Crippen molar-refractivity contribution in [3.63, 3.8) is 0 Å². The Morgan fingerprint density at radius 2 is 1.83 bits per heavy atom. The lowest BCUT2D eigenvalue weighted by atomic mass is 9.78. The highest BCUT2D eigenvalue weighted by Crippen LogP contribution is 2.45. The fraction of sp³-hybridized carbons (Fsp3) is 1.00. The van der Waals surface area contributed by atoms with E-state index in [0.717, 1.165) is 5.92 Å². The summed E-state index contributed by atoms with van der Waals surface area (Å²) in [4.78, 5) is 0. The largest absolute Gasteiger partial charge is 0.375 e. The molecule has 1 nitrogen and oxygen atoms in total. The third kappa shape index (κ3) is 1.82. The van der Waals surface area contributed by atoms with Crippen molar-refractivity contribution in [2.75, 3.05) is 0 Å². The van der Waals surface area contributed by atoms with Gasteiger partial charge in [0.15, 0.2) is 0 Å². The van der Waals surface area contributed by atoms with Crippen molar-refractivity contribution in [1.82, 2.24) is 0 Å². The molecule has 0 bridgehead atoms.